The molecule has 0 spiro atoms. The highest BCUT2D eigenvalue weighted by atomic mass is 16.7. The van der Waals surface area contributed by atoms with Gasteiger partial charge in [0.05, 0.1) is 0 Å². The Kier molecular flexibility index (Phi) is 4.99. The first kappa shape index (κ1) is 17.8. The molecular weight excluding hydrogens is 342 g/mol. The molecule has 27 heavy (non-hydrogen) atoms. The van der Waals surface area contributed by atoms with Crippen molar-refractivity contribution in [1.82, 2.24) is 9.88 Å². The predicted octanol–water partition coefficient (Wildman–Crippen LogP) is 3.29. The number of pyridine rings is 1. The number of hydrogen-bond donors (Lipinski definition) is 0. The molecule has 1 aromatic heterocycles. The van der Waals surface area contributed by atoms with Gasteiger partial charge in [-0.1, -0.05) is 13.0 Å². The number of ether oxygens (including phenoxy) is 2. The number of fused-ring (bicyclic) bond motifs is 1. The third-order valence-corrected chi connectivity index (χ3v) is 5.46. The van der Waals surface area contributed by atoms with Gasteiger partial charge in [0.25, 0.3) is 0 Å². The number of carbonyl (C=O) groups is 1. The van der Waals surface area contributed by atoms with Crippen LogP contribution >= 0.6 is 0 Å². The number of carbonyl (C=O) groups excluding carboxylic acids is 1. The molecule has 0 bridgehead atoms. The number of aromatic nitrogens is 1. The minimum Gasteiger partial charge on any atom is -0.454 e. The Hall–Kier alpha value is -2.60. The molecule has 142 valence electrons. The van der Waals surface area contributed by atoms with Gasteiger partial charge in [0.2, 0.25) is 6.79 Å². The van der Waals surface area contributed by atoms with Crippen LogP contribution in [0.1, 0.15) is 42.2 Å². The van der Waals surface area contributed by atoms with Crippen molar-refractivity contribution in [2.45, 2.75) is 26.3 Å². The molecule has 1 atom stereocenters. The lowest BCUT2D eigenvalue weighted by Crippen LogP contribution is -2.47. The summed E-state index contributed by atoms with van der Waals surface area (Å²) in [6.45, 7) is 8.18. The number of anilines is 1. The highest BCUT2D eigenvalue weighted by molar-refractivity contribution is 5.95. The van der Waals surface area contributed by atoms with Gasteiger partial charge in [-0.15, -0.1) is 0 Å². The van der Waals surface area contributed by atoms with Gasteiger partial charge in [0, 0.05) is 50.4 Å². The Morgan fingerprint density at radius 2 is 1.89 bits per heavy atom. The smallest absolute Gasteiger partial charge is 0.231 e. The zero-order valence-electron chi connectivity index (χ0n) is 15.9. The molecule has 1 fully saturated rings. The van der Waals surface area contributed by atoms with Crippen molar-refractivity contribution in [3.05, 3.63) is 47.7 Å². The molecule has 1 aromatic carbocycles. The van der Waals surface area contributed by atoms with Crippen molar-refractivity contribution >= 4 is 11.6 Å². The maximum atomic E-state index is 11.7. The van der Waals surface area contributed by atoms with Crippen LogP contribution < -0.4 is 14.4 Å². The molecule has 6 nitrogen and oxygen atoms in total. The number of ketones is 1. The first-order chi connectivity index (χ1) is 13.2. The zero-order valence-corrected chi connectivity index (χ0v) is 15.9. The van der Waals surface area contributed by atoms with E-state index < -0.39 is 0 Å². The van der Waals surface area contributed by atoms with Gasteiger partial charge in [-0.2, -0.15) is 0 Å². The van der Waals surface area contributed by atoms with E-state index >= 15 is 0 Å². The fourth-order valence-electron chi connectivity index (χ4n) is 3.66. The molecule has 0 unspecified atom stereocenters. The molecule has 0 amide bonds. The van der Waals surface area contributed by atoms with Crippen LogP contribution in [0.2, 0.25) is 0 Å². The highest BCUT2D eigenvalue weighted by Crippen LogP contribution is 2.35. The normalized spacial score (nSPS) is 17.8. The Labute approximate surface area is 159 Å². The Balaban J connectivity index is 1.37. The predicted molar refractivity (Wildman–Crippen MR) is 104 cm³/mol. The molecule has 1 saturated heterocycles. The van der Waals surface area contributed by atoms with Gasteiger partial charge in [0.1, 0.15) is 5.82 Å². The summed E-state index contributed by atoms with van der Waals surface area (Å²) in [4.78, 5) is 21.0. The molecule has 4 rings (SSSR count). The van der Waals surface area contributed by atoms with Crippen LogP contribution in [0.25, 0.3) is 0 Å². The average molecular weight is 367 g/mol. The third kappa shape index (κ3) is 3.62. The maximum Gasteiger partial charge on any atom is 0.231 e. The second-order valence-corrected chi connectivity index (χ2v) is 6.99. The van der Waals surface area contributed by atoms with E-state index in [1.54, 1.807) is 6.20 Å². The van der Waals surface area contributed by atoms with E-state index in [1.807, 2.05) is 25.1 Å². The summed E-state index contributed by atoms with van der Waals surface area (Å²) < 4.78 is 10.9. The number of benzene rings is 1. The van der Waals surface area contributed by atoms with Crippen molar-refractivity contribution in [3.8, 4) is 11.5 Å². The summed E-state index contributed by atoms with van der Waals surface area (Å²) in [5.74, 6) is 2.74. The summed E-state index contributed by atoms with van der Waals surface area (Å²) in [5.41, 5.74) is 1.93. The summed E-state index contributed by atoms with van der Waals surface area (Å²) in [6.07, 6.45) is 2.21. The summed E-state index contributed by atoms with van der Waals surface area (Å²) in [5, 5.41) is 0. The number of hydrogen-bond acceptors (Lipinski definition) is 6. The Morgan fingerprint density at radius 1 is 1.11 bits per heavy atom. The van der Waals surface area contributed by atoms with Crippen molar-refractivity contribution < 1.29 is 14.3 Å². The quantitative estimate of drug-likeness (QED) is 0.756. The van der Waals surface area contributed by atoms with Crippen LogP contribution in [-0.4, -0.2) is 48.6 Å². The third-order valence-electron chi connectivity index (χ3n) is 5.46. The monoisotopic (exact) mass is 367 g/mol. The van der Waals surface area contributed by atoms with E-state index in [4.69, 9.17) is 9.47 Å². The van der Waals surface area contributed by atoms with Crippen LogP contribution in [-0.2, 0) is 0 Å². The number of rotatable bonds is 5. The Bertz CT molecular complexity index is 814. The van der Waals surface area contributed by atoms with Crippen LogP contribution in [0.4, 0.5) is 5.82 Å². The summed E-state index contributed by atoms with van der Waals surface area (Å²) in [6, 6.07) is 10.4. The SMILES string of the molecule is CCC(=O)c1ccc(N2CCN([C@@H](C)c3ccc4c(c3)OCO4)CC2)nc1. The molecule has 2 aromatic rings. The van der Waals surface area contributed by atoms with Crippen LogP contribution in [0.15, 0.2) is 36.5 Å². The molecule has 6 heteroatoms. The molecule has 0 radical (unpaired) electrons. The van der Waals surface area contributed by atoms with E-state index in [-0.39, 0.29) is 5.78 Å². The van der Waals surface area contributed by atoms with E-state index in [1.165, 1.54) is 5.56 Å². The number of piperazine rings is 1. The van der Waals surface area contributed by atoms with Crippen molar-refractivity contribution in [2.24, 2.45) is 0 Å². The Morgan fingerprint density at radius 3 is 2.59 bits per heavy atom. The fourth-order valence-corrected chi connectivity index (χ4v) is 3.66. The van der Waals surface area contributed by atoms with Gasteiger partial charge in [-0.3, -0.25) is 9.69 Å². The lowest BCUT2D eigenvalue weighted by Gasteiger charge is -2.38. The van der Waals surface area contributed by atoms with E-state index in [0.717, 1.165) is 43.5 Å². The summed E-state index contributed by atoms with van der Waals surface area (Å²) >= 11 is 0. The topological polar surface area (TPSA) is 54.9 Å². The first-order valence-electron chi connectivity index (χ1n) is 9.53. The second kappa shape index (κ2) is 7.56. The molecule has 2 aliphatic rings. The first-order valence-corrected chi connectivity index (χ1v) is 9.53. The van der Waals surface area contributed by atoms with Gasteiger partial charge in [-0.05, 0) is 36.8 Å². The maximum absolute atomic E-state index is 11.7. The zero-order chi connectivity index (χ0) is 18.8. The minimum absolute atomic E-state index is 0.136. The van der Waals surface area contributed by atoms with Gasteiger partial charge < -0.3 is 14.4 Å². The van der Waals surface area contributed by atoms with E-state index in [9.17, 15) is 4.79 Å². The van der Waals surface area contributed by atoms with Crippen LogP contribution in [0.5, 0.6) is 11.5 Å². The number of nitrogens with zero attached hydrogens (tertiary/aromatic N) is 3. The lowest BCUT2D eigenvalue weighted by molar-refractivity contribution is 0.0988. The molecular formula is C21H25N3O3. The van der Waals surface area contributed by atoms with E-state index in [0.29, 0.717) is 24.8 Å². The molecule has 2 aliphatic heterocycles. The number of Topliss-reactive ketones (excluding diaryl/α,β-unsaturated/α-hetero) is 1. The van der Waals surface area contributed by atoms with Gasteiger partial charge >= 0.3 is 0 Å². The average Bonchev–Trinajstić information content (AvgIpc) is 3.21. The molecule has 0 saturated carbocycles. The van der Waals surface area contributed by atoms with Crippen molar-refractivity contribution in [2.75, 3.05) is 37.9 Å². The minimum atomic E-state index is 0.136. The molecule has 3 heterocycles. The van der Waals surface area contributed by atoms with Crippen molar-refractivity contribution in [1.29, 1.82) is 0 Å². The summed E-state index contributed by atoms with van der Waals surface area (Å²) in [7, 11) is 0. The second-order valence-electron chi connectivity index (χ2n) is 6.99. The largest absolute Gasteiger partial charge is 0.454 e. The standard InChI is InChI=1S/C21H25N3O3/c1-3-18(25)17-5-7-21(22-13-17)24-10-8-23(9-11-24)15(2)16-4-6-19-20(12-16)27-14-26-19/h4-7,12-13,15H,3,8-11,14H2,1-2H3/t15-/m0/s1. The molecule has 0 N–H and O–H groups in total. The van der Waals surface area contributed by atoms with Gasteiger partial charge in [-0.25, -0.2) is 4.98 Å². The van der Waals surface area contributed by atoms with Crippen LogP contribution in [0.3, 0.4) is 0 Å². The van der Waals surface area contributed by atoms with Crippen LogP contribution in [0, 0.1) is 0 Å². The van der Waals surface area contributed by atoms with Crippen molar-refractivity contribution in [3.63, 3.8) is 0 Å². The van der Waals surface area contributed by atoms with E-state index in [2.05, 4.69) is 33.8 Å². The fraction of sp³-hybridized carbons (Fsp3) is 0.429. The van der Waals surface area contributed by atoms with Gasteiger partial charge in [0.15, 0.2) is 17.3 Å². The molecule has 0 aliphatic carbocycles. The lowest BCUT2D eigenvalue weighted by atomic mass is 10.1. The highest BCUT2D eigenvalue weighted by Gasteiger charge is 2.24.